The minimum Gasteiger partial charge on any atom is -0.326 e. The van der Waals surface area contributed by atoms with Crippen molar-refractivity contribution < 1.29 is 14.0 Å². The predicted molar refractivity (Wildman–Crippen MR) is 74.1 cm³/mol. The van der Waals surface area contributed by atoms with E-state index in [-0.39, 0.29) is 24.2 Å². The van der Waals surface area contributed by atoms with E-state index in [1.165, 1.54) is 0 Å². The summed E-state index contributed by atoms with van der Waals surface area (Å²) >= 11 is 0. The van der Waals surface area contributed by atoms with Gasteiger partial charge in [-0.15, -0.1) is 0 Å². The van der Waals surface area contributed by atoms with Gasteiger partial charge in [-0.25, -0.2) is 5.43 Å². The molecule has 1 aromatic rings. The number of carbonyl (C=O) groups excluding carboxylic acids is 2. The van der Waals surface area contributed by atoms with Crippen LogP contribution in [0.25, 0.3) is 0 Å². The standard InChI is InChI=1S/C14H16FN3O2/c1-9-8-13(20)17-18-14(9)10-2-4-11(5-3-10)16-12(19)6-7-15/h2-5,9H,6-8H2,1H3,(H,16,19)(H,17,20). The van der Waals surface area contributed by atoms with Crippen LogP contribution in [-0.2, 0) is 9.59 Å². The van der Waals surface area contributed by atoms with Crippen LogP contribution in [0, 0.1) is 5.92 Å². The van der Waals surface area contributed by atoms with Crippen molar-refractivity contribution in [3.8, 4) is 0 Å². The Hall–Kier alpha value is -2.24. The molecule has 1 unspecified atom stereocenters. The topological polar surface area (TPSA) is 70.6 Å². The minimum absolute atomic E-state index is 0.0516. The van der Waals surface area contributed by atoms with Crippen molar-refractivity contribution in [3.63, 3.8) is 0 Å². The lowest BCUT2D eigenvalue weighted by Gasteiger charge is -2.19. The molecule has 1 aliphatic rings. The molecule has 2 rings (SSSR count). The van der Waals surface area contributed by atoms with Gasteiger partial charge in [0.25, 0.3) is 0 Å². The Morgan fingerprint density at radius 1 is 1.45 bits per heavy atom. The van der Waals surface area contributed by atoms with E-state index in [9.17, 15) is 14.0 Å². The number of nitrogens with zero attached hydrogens (tertiary/aromatic N) is 1. The molecule has 2 amide bonds. The van der Waals surface area contributed by atoms with Crippen molar-refractivity contribution in [3.05, 3.63) is 29.8 Å². The number of hydrogen-bond acceptors (Lipinski definition) is 3. The molecule has 0 bridgehead atoms. The number of hydrogen-bond donors (Lipinski definition) is 2. The third kappa shape index (κ3) is 3.40. The Bertz CT molecular complexity index is 540. The van der Waals surface area contributed by atoms with E-state index in [1.807, 2.05) is 19.1 Å². The maximum atomic E-state index is 12.0. The van der Waals surface area contributed by atoms with Crippen LogP contribution < -0.4 is 10.7 Å². The van der Waals surface area contributed by atoms with Crippen molar-refractivity contribution in [2.45, 2.75) is 19.8 Å². The largest absolute Gasteiger partial charge is 0.326 e. The molecule has 0 fully saturated rings. The summed E-state index contributed by atoms with van der Waals surface area (Å²) in [7, 11) is 0. The summed E-state index contributed by atoms with van der Waals surface area (Å²) in [5.41, 5.74) is 4.77. The lowest BCUT2D eigenvalue weighted by Crippen LogP contribution is -2.31. The molecule has 0 aromatic heterocycles. The Morgan fingerprint density at radius 3 is 2.75 bits per heavy atom. The number of rotatable bonds is 4. The van der Waals surface area contributed by atoms with Gasteiger partial charge in [0, 0.05) is 18.0 Å². The Labute approximate surface area is 116 Å². The summed E-state index contributed by atoms with van der Waals surface area (Å²) in [5, 5.41) is 6.66. The summed E-state index contributed by atoms with van der Waals surface area (Å²) < 4.78 is 12.0. The van der Waals surface area contributed by atoms with Crippen LogP contribution in [0.15, 0.2) is 29.4 Å². The maximum absolute atomic E-state index is 12.0. The second-order valence-corrected chi connectivity index (χ2v) is 4.70. The molecule has 5 nitrogen and oxygen atoms in total. The zero-order valence-electron chi connectivity index (χ0n) is 11.1. The van der Waals surface area contributed by atoms with E-state index in [0.717, 1.165) is 11.3 Å². The predicted octanol–water partition coefficient (Wildman–Crippen LogP) is 1.84. The number of benzene rings is 1. The highest BCUT2D eigenvalue weighted by Crippen LogP contribution is 2.18. The third-order valence-electron chi connectivity index (χ3n) is 3.05. The molecule has 0 aliphatic carbocycles. The molecule has 2 N–H and O–H groups in total. The Kier molecular flexibility index (Phi) is 4.45. The first-order valence-electron chi connectivity index (χ1n) is 6.43. The second kappa shape index (κ2) is 6.27. The average molecular weight is 277 g/mol. The number of hydrazone groups is 1. The summed E-state index contributed by atoms with van der Waals surface area (Å²) in [6.45, 7) is 1.27. The zero-order chi connectivity index (χ0) is 14.5. The first-order chi connectivity index (χ1) is 9.60. The molecule has 0 radical (unpaired) electrons. The fraction of sp³-hybridized carbons (Fsp3) is 0.357. The molecule has 1 aromatic carbocycles. The van der Waals surface area contributed by atoms with E-state index in [4.69, 9.17) is 0 Å². The SMILES string of the molecule is CC1CC(=O)NN=C1c1ccc(NC(=O)CCF)cc1. The van der Waals surface area contributed by atoms with Crippen molar-refractivity contribution >= 4 is 23.2 Å². The van der Waals surface area contributed by atoms with E-state index in [2.05, 4.69) is 15.8 Å². The van der Waals surface area contributed by atoms with Crippen molar-refractivity contribution in [1.29, 1.82) is 0 Å². The van der Waals surface area contributed by atoms with Crippen LogP contribution >= 0.6 is 0 Å². The van der Waals surface area contributed by atoms with Gasteiger partial charge in [-0.05, 0) is 17.7 Å². The molecule has 0 saturated heterocycles. The fourth-order valence-corrected chi connectivity index (χ4v) is 2.04. The van der Waals surface area contributed by atoms with Gasteiger partial charge in [0.05, 0.1) is 18.8 Å². The molecule has 6 heteroatoms. The molecular weight excluding hydrogens is 261 g/mol. The fourth-order valence-electron chi connectivity index (χ4n) is 2.04. The molecule has 0 spiro atoms. The van der Waals surface area contributed by atoms with E-state index in [1.54, 1.807) is 12.1 Å². The van der Waals surface area contributed by atoms with Crippen molar-refractivity contribution in [2.75, 3.05) is 12.0 Å². The summed E-state index contributed by atoms with van der Waals surface area (Å²) in [5.74, 6) is -0.386. The van der Waals surface area contributed by atoms with E-state index < -0.39 is 6.67 Å². The highest BCUT2D eigenvalue weighted by molar-refractivity contribution is 6.06. The summed E-state index contributed by atoms with van der Waals surface area (Å²) in [6.07, 6.45) is 0.269. The molecule has 20 heavy (non-hydrogen) atoms. The number of halogens is 1. The lowest BCUT2D eigenvalue weighted by atomic mass is 9.94. The average Bonchev–Trinajstić information content (AvgIpc) is 2.40. The van der Waals surface area contributed by atoms with Gasteiger partial charge in [-0.1, -0.05) is 19.1 Å². The summed E-state index contributed by atoms with van der Waals surface area (Å²) in [4.78, 5) is 22.5. The molecule has 1 aliphatic heterocycles. The van der Waals surface area contributed by atoms with Gasteiger partial charge >= 0.3 is 0 Å². The van der Waals surface area contributed by atoms with Crippen LogP contribution in [0.1, 0.15) is 25.3 Å². The van der Waals surface area contributed by atoms with Gasteiger partial charge in [0.15, 0.2) is 0 Å². The quantitative estimate of drug-likeness (QED) is 0.881. The van der Waals surface area contributed by atoms with Crippen LogP contribution in [-0.4, -0.2) is 24.2 Å². The number of amides is 2. The number of carbonyl (C=O) groups is 2. The first-order valence-corrected chi connectivity index (χ1v) is 6.43. The number of anilines is 1. The summed E-state index contributed by atoms with van der Waals surface area (Å²) in [6, 6.07) is 7.10. The molecule has 106 valence electrons. The third-order valence-corrected chi connectivity index (χ3v) is 3.05. The molecule has 1 heterocycles. The van der Waals surface area contributed by atoms with E-state index in [0.29, 0.717) is 12.1 Å². The van der Waals surface area contributed by atoms with Crippen LogP contribution in [0.4, 0.5) is 10.1 Å². The Morgan fingerprint density at radius 2 is 2.15 bits per heavy atom. The monoisotopic (exact) mass is 277 g/mol. The van der Waals surface area contributed by atoms with E-state index >= 15 is 0 Å². The second-order valence-electron chi connectivity index (χ2n) is 4.70. The smallest absolute Gasteiger partial charge is 0.240 e. The highest BCUT2D eigenvalue weighted by atomic mass is 19.1. The van der Waals surface area contributed by atoms with Crippen molar-refractivity contribution in [2.24, 2.45) is 11.0 Å². The normalized spacial score (nSPS) is 18.2. The van der Waals surface area contributed by atoms with Crippen LogP contribution in [0.2, 0.25) is 0 Å². The zero-order valence-corrected chi connectivity index (χ0v) is 11.1. The maximum Gasteiger partial charge on any atom is 0.240 e. The molecule has 0 saturated carbocycles. The number of nitrogens with one attached hydrogen (secondary N) is 2. The van der Waals surface area contributed by atoms with Gasteiger partial charge < -0.3 is 5.32 Å². The van der Waals surface area contributed by atoms with Gasteiger partial charge in [-0.3, -0.25) is 14.0 Å². The lowest BCUT2D eigenvalue weighted by molar-refractivity contribution is -0.122. The van der Waals surface area contributed by atoms with Gasteiger partial charge in [0.1, 0.15) is 0 Å². The minimum atomic E-state index is -0.669. The molecular formula is C14H16FN3O2. The van der Waals surface area contributed by atoms with Crippen LogP contribution in [0.5, 0.6) is 0 Å². The number of alkyl halides is 1. The van der Waals surface area contributed by atoms with Gasteiger partial charge in [0.2, 0.25) is 11.8 Å². The first kappa shape index (κ1) is 14.2. The highest BCUT2D eigenvalue weighted by Gasteiger charge is 2.21. The molecule has 1 atom stereocenters. The Balaban J connectivity index is 2.08. The van der Waals surface area contributed by atoms with Crippen molar-refractivity contribution in [1.82, 2.24) is 5.43 Å². The van der Waals surface area contributed by atoms with Gasteiger partial charge in [-0.2, -0.15) is 5.10 Å². The van der Waals surface area contributed by atoms with Crippen LogP contribution in [0.3, 0.4) is 0 Å².